The van der Waals surface area contributed by atoms with Crippen molar-refractivity contribution in [1.29, 1.82) is 0 Å². The number of rotatable bonds is 4. The molecule has 0 aliphatic rings. The highest BCUT2D eigenvalue weighted by Crippen LogP contribution is 2.25. The number of hydrogen-bond donors (Lipinski definition) is 2. The first-order chi connectivity index (χ1) is 9.95. The lowest BCUT2D eigenvalue weighted by Crippen LogP contribution is -2.20. The molecular weight excluding hydrogens is 346 g/mol. The Labute approximate surface area is 128 Å². The third kappa shape index (κ3) is 4.16. The molecule has 0 fully saturated rings. The number of benzene rings is 2. The maximum Gasteiger partial charge on any atom is 0.262 e. The first kappa shape index (κ1) is 15.2. The molecule has 2 aromatic rings. The number of nitrogens with one attached hydrogen (secondary N) is 1. The van der Waals surface area contributed by atoms with E-state index in [0.717, 1.165) is 12.1 Å². The molecule has 0 aliphatic carbocycles. The van der Waals surface area contributed by atoms with Crippen LogP contribution in [0.2, 0.25) is 0 Å². The molecule has 0 aromatic heterocycles. The summed E-state index contributed by atoms with van der Waals surface area (Å²) in [4.78, 5) is 11.7. The van der Waals surface area contributed by atoms with Gasteiger partial charge in [-0.25, -0.2) is 8.78 Å². The van der Waals surface area contributed by atoms with Crippen molar-refractivity contribution in [2.75, 3.05) is 17.7 Å². The van der Waals surface area contributed by atoms with Crippen molar-refractivity contribution >= 4 is 33.2 Å². The van der Waals surface area contributed by atoms with Crippen LogP contribution >= 0.6 is 15.9 Å². The van der Waals surface area contributed by atoms with Gasteiger partial charge >= 0.3 is 0 Å². The lowest BCUT2D eigenvalue weighted by molar-refractivity contribution is -0.118. The second-order valence-corrected chi connectivity index (χ2v) is 5.00. The summed E-state index contributed by atoms with van der Waals surface area (Å²) in [5, 5.41) is 2.49. The summed E-state index contributed by atoms with van der Waals surface area (Å²) in [6.45, 7) is -0.320. The van der Waals surface area contributed by atoms with Crippen molar-refractivity contribution in [3.05, 3.63) is 52.5 Å². The molecule has 3 N–H and O–H groups in total. The summed E-state index contributed by atoms with van der Waals surface area (Å²) in [7, 11) is 0. The number of anilines is 2. The third-order valence-electron chi connectivity index (χ3n) is 2.53. The van der Waals surface area contributed by atoms with Gasteiger partial charge in [-0.3, -0.25) is 4.79 Å². The Bertz CT molecular complexity index is 680. The highest BCUT2D eigenvalue weighted by atomic mass is 79.9. The average Bonchev–Trinajstić information content (AvgIpc) is 2.44. The highest BCUT2D eigenvalue weighted by Gasteiger charge is 2.08. The fraction of sp³-hybridized carbons (Fsp3) is 0.0714. The zero-order valence-electron chi connectivity index (χ0n) is 10.7. The van der Waals surface area contributed by atoms with Gasteiger partial charge in [0.2, 0.25) is 0 Å². The lowest BCUT2D eigenvalue weighted by atomic mass is 10.2. The van der Waals surface area contributed by atoms with Crippen molar-refractivity contribution in [3.8, 4) is 5.75 Å². The van der Waals surface area contributed by atoms with Crippen molar-refractivity contribution in [2.45, 2.75) is 0 Å². The fourth-order valence-corrected chi connectivity index (χ4v) is 1.91. The molecule has 0 saturated heterocycles. The minimum Gasteiger partial charge on any atom is -0.482 e. The molecule has 0 unspecified atom stereocenters. The molecule has 0 bridgehead atoms. The van der Waals surface area contributed by atoms with E-state index in [0.29, 0.717) is 10.2 Å². The predicted octanol–water partition coefficient (Wildman–Crippen LogP) is 3.33. The Morgan fingerprint density at radius 3 is 2.71 bits per heavy atom. The number of halogens is 3. The molecule has 4 nitrogen and oxygen atoms in total. The zero-order chi connectivity index (χ0) is 15.4. The minimum atomic E-state index is -0.562. The molecule has 0 spiro atoms. The van der Waals surface area contributed by atoms with E-state index in [1.807, 2.05) is 0 Å². The van der Waals surface area contributed by atoms with Gasteiger partial charge in [-0.2, -0.15) is 0 Å². The van der Waals surface area contributed by atoms with E-state index in [2.05, 4.69) is 21.2 Å². The molecule has 2 rings (SSSR count). The Hall–Kier alpha value is -2.15. The van der Waals surface area contributed by atoms with Gasteiger partial charge in [-0.05, 0) is 46.3 Å². The summed E-state index contributed by atoms with van der Waals surface area (Å²) < 4.78 is 31.8. The third-order valence-corrected chi connectivity index (χ3v) is 3.19. The van der Waals surface area contributed by atoms with Crippen molar-refractivity contribution < 1.29 is 18.3 Å². The maximum atomic E-state index is 13.0. The van der Waals surface area contributed by atoms with Crippen LogP contribution in [0.1, 0.15) is 0 Å². The molecule has 0 saturated carbocycles. The molecule has 2 aromatic carbocycles. The summed E-state index contributed by atoms with van der Waals surface area (Å²) in [5.41, 5.74) is 5.67. The van der Waals surface area contributed by atoms with E-state index in [1.165, 1.54) is 24.3 Å². The van der Waals surface area contributed by atoms with Gasteiger partial charge in [0.1, 0.15) is 17.4 Å². The quantitative estimate of drug-likeness (QED) is 0.825. The van der Waals surface area contributed by atoms with Crippen LogP contribution in [-0.4, -0.2) is 12.5 Å². The highest BCUT2D eigenvalue weighted by molar-refractivity contribution is 9.10. The normalized spacial score (nSPS) is 10.2. The number of carbonyl (C=O) groups excluding carboxylic acids is 1. The number of hydrogen-bond acceptors (Lipinski definition) is 3. The molecule has 7 heteroatoms. The van der Waals surface area contributed by atoms with E-state index in [-0.39, 0.29) is 18.0 Å². The monoisotopic (exact) mass is 356 g/mol. The molecule has 21 heavy (non-hydrogen) atoms. The molecular formula is C14H11BrF2N2O2. The predicted molar refractivity (Wildman–Crippen MR) is 79.0 cm³/mol. The SMILES string of the molecule is Nc1cc(NC(=O)COc2cc(F)ccc2Br)ccc1F. The second-order valence-electron chi connectivity index (χ2n) is 4.15. The first-order valence-electron chi connectivity index (χ1n) is 5.88. The average molecular weight is 357 g/mol. The fourth-order valence-electron chi connectivity index (χ4n) is 1.55. The first-order valence-corrected chi connectivity index (χ1v) is 6.68. The van der Waals surface area contributed by atoms with Gasteiger partial charge in [0.05, 0.1) is 10.2 Å². The van der Waals surface area contributed by atoms with Crippen LogP contribution in [0.5, 0.6) is 5.75 Å². The van der Waals surface area contributed by atoms with Gasteiger partial charge in [0.25, 0.3) is 5.91 Å². The van der Waals surface area contributed by atoms with E-state index in [4.69, 9.17) is 10.5 Å². The summed E-state index contributed by atoms with van der Waals surface area (Å²) in [6.07, 6.45) is 0. The zero-order valence-corrected chi connectivity index (χ0v) is 12.3. The Morgan fingerprint density at radius 1 is 1.24 bits per heavy atom. The van der Waals surface area contributed by atoms with Crippen molar-refractivity contribution in [3.63, 3.8) is 0 Å². The van der Waals surface area contributed by atoms with Gasteiger partial charge in [-0.1, -0.05) is 0 Å². The van der Waals surface area contributed by atoms with Crippen LogP contribution in [0.3, 0.4) is 0 Å². The number of ether oxygens (including phenoxy) is 1. The van der Waals surface area contributed by atoms with E-state index in [1.54, 1.807) is 0 Å². The van der Waals surface area contributed by atoms with Gasteiger partial charge in [-0.15, -0.1) is 0 Å². The van der Waals surface area contributed by atoms with Crippen LogP contribution in [0.15, 0.2) is 40.9 Å². The van der Waals surface area contributed by atoms with Gasteiger partial charge in [0, 0.05) is 11.8 Å². The lowest BCUT2D eigenvalue weighted by Gasteiger charge is -2.09. The topological polar surface area (TPSA) is 64.3 Å². The molecule has 0 atom stereocenters. The summed E-state index contributed by atoms with van der Waals surface area (Å²) >= 11 is 3.18. The van der Waals surface area contributed by atoms with Gasteiger partial charge in [0.15, 0.2) is 6.61 Å². The number of nitrogens with two attached hydrogens (primary N) is 1. The van der Waals surface area contributed by atoms with Crippen molar-refractivity contribution in [2.24, 2.45) is 0 Å². The largest absolute Gasteiger partial charge is 0.482 e. The van der Waals surface area contributed by atoms with Gasteiger partial charge < -0.3 is 15.8 Å². The van der Waals surface area contributed by atoms with Crippen LogP contribution in [0, 0.1) is 11.6 Å². The number of amides is 1. The Balaban J connectivity index is 1.95. The summed E-state index contributed by atoms with van der Waals surface area (Å²) in [5.74, 6) is -1.30. The van der Waals surface area contributed by atoms with E-state index >= 15 is 0 Å². The molecule has 1 amide bonds. The van der Waals surface area contributed by atoms with E-state index in [9.17, 15) is 13.6 Å². The summed E-state index contributed by atoms with van der Waals surface area (Å²) in [6, 6.07) is 7.72. The van der Waals surface area contributed by atoms with Crippen molar-refractivity contribution in [1.82, 2.24) is 0 Å². The molecule has 0 radical (unpaired) electrons. The van der Waals surface area contributed by atoms with Crippen LogP contribution in [0.25, 0.3) is 0 Å². The smallest absolute Gasteiger partial charge is 0.262 e. The minimum absolute atomic E-state index is 0.0680. The van der Waals surface area contributed by atoms with Crippen LogP contribution in [-0.2, 0) is 4.79 Å². The molecule has 0 aliphatic heterocycles. The number of carbonyl (C=O) groups is 1. The maximum absolute atomic E-state index is 13.0. The number of nitrogen functional groups attached to an aromatic ring is 1. The van der Waals surface area contributed by atoms with E-state index < -0.39 is 17.5 Å². The second kappa shape index (κ2) is 6.53. The Kier molecular flexibility index (Phi) is 4.74. The molecule has 0 heterocycles. The molecule has 110 valence electrons. The van der Waals surface area contributed by atoms with Crippen LogP contribution < -0.4 is 15.8 Å². The standard InChI is InChI=1S/C14H11BrF2N2O2/c15-10-3-1-8(16)5-13(10)21-7-14(20)19-9-2-4-11(17)12(18)6-9/h1-6H,7,18H2,(H,19,20). The van der Waals surface area contributed by atoms with Crippen LogP contribution in [0.4, 0.5) is 20.2 Å². The Morgan fingerprint density at radius 2 is 2.00 bits per heavy atom.